The van der Waals surface area contributed by atoms with Gasteiger partial charge in [-0.3, -0.25) is 0 Å². The minimum atomic E-state index is 0.814. The SMILES string of the molecule is C=C(CCCC1C=CC(CC(CC)CC)CC1)C1=CCCCC=C1. The molecule has 134 valence electrons. The summed E-state index contributed by atoms with van der Waals surface area (Å²) in [4.78, 5) is 0. The van der Waals surface area contributed by atoms with Crippen molar-refractivity contribution >= 4 is 0 Å². The standard InChI is InChI=1S/C24H38/c1-4-21(5-2)19-23-17-15-22(16-18-23)12-10-11-20(3)24-13-8-6-7-9-14-24/h8,13-15,17,21-23H,3-7,9-12,16,18-19H2,1-2H3. The van der Waals surface area contributed by atoms with Crippen LogP contribution in [0.25, 0.3) is 0 Å². The predicted molar refractivity (Wildman–Crippen MR) is 108 cm³/mol. The molecule has 2 aliphatic rings. The van der Waals surface area contributed by atoms with Crippen molar-refractivity contribution in [3.05, 3.63) is 48.1 Å². The minimum absolute atomic E-state index is 0.814. The van der Waals surface area contributed by atoms with Crippen LogP contribution in [0.1, 0.15) is 84.5 Å². The molecule has 24 heavy (non-hydrogen) atoms. The highest BCUT2D eigenvalue weighted by Gasteiger charge is 2.18. The maximum Gasteiger partial charge on any atom is -0.0231 e. The molecule has 0 aromatic carbocycles. The van der Waals surface area contributed by atoms with E-state index in [2.05, 4.69) is 50.8 Å². The molecule has 0 aromatic heterocycles. The van der Waals surface area contributed by atoms with Crippen LogP contribution in [0.4, 0.5) is 0 Å². The molecular weight excluding hydrogens is 288 g/mol. The van der Waals surface area contributed by atoms with Gasteiger partial charge >= 0.3 is 0 Å². The lowest BCUT2D eigenvalue weighted by Gasteiger charge is -2.25. The summed E-state index contributed by atoms with van der Waals surface area (Å²) in [7, 11) is 0. The van der Waals surface area contributed by atoms with Crippen LogP contribution in [0, 0.1) is 17.8 Å². The van der Waals surface area contributed by atoms with E-state index in [4.69, 9.17) is 0 Å². The van der Waals surface area contributed by atoms with Crippen LogP contribution in [0.3, 0.4) is 0 Å². The van der Waals surface area contributed by atoms with Gasteiger partial charge in [-0.05, 0) is 86.7 Å². The highest BCUT2D eigenvalue weighted by molar-refractivity contribution is 5.38. The van der Waals surface area contributed by atoms with Crippen LogP contribution in [-0.2, 0) is 0 Å². The van der Waals surface area contributed by atoms with Crippen LogP contribution in [0.15, 0.2) is 48.1 Å². The van der Waals surface area contributed by atoms with Gasteiger partial charge in [-0.2, -0.15) is 0 Å². The van der Waals surface area contributed by atoms with Gasteiger partial charge in [0.05, 0.1) is 0 Å². The highest BCUT2D eigenvalue weighted by Crippen LogP contribution is 2.32. The molecule has 0 heterocycles. The summed E-state index contributed by atoms with van der Waals surface area (Å²) in [5.74, 6) is 2.59. The van der Waals surface area contributed by atoms with Crippen LogP contribution >= 0.6 is 0 Å². The third-order valence-corrected chi connectivity index (χ3v) is 6.05. The average Bonchev–Trinajstić information content (AvgIpc) is 2.90. The van der Waals surface area contributed by atoms with E-state index >= 15 is 0 Å². The minimum Gasteiger partial charge on any atom is -0.0952 e. The summed E-state index contributed by atoms with van der Waals surface area (Å²) in [6.45, 7) is 9.01. The maximum absolute atomic E-state index is 4.33. The smallest absolute Gasteiger partial charge is 0.0231 e. The Morgan fingerprint density at radius 1 is 1.12 bits per heavy atom. The molecule has 0 nitrogen and oxygen atoms in total. The Morgan fingerprint density at radius 3 is 2.58 bits per heavy atom. The Morgan fingerprint density at radius 2 is 1.88 bits per heavy atom. The lowest BCUT2D eigenvalue weighted by molar-refractivity contribution is 0.343. The second kappa shape index (κ2) is 10.7. The fraction of sp³-hybridized carbons (Fsp3) is 0.667. The number of hydrogen-bond donors (Lipinski definition) is 0. The first-order chi connectivity index (χ1) is 11.7. The fourth-order valence-corrected chi connectivity index (χ4v) is 4.18. The molecular formula is C24H38. The van der Waals surface area contributed by atoms with Crippen molar-refractivity contribution in [2.45, 2.75) is 84.5 Å². The summed E-state index contributed by atoms with van der Waals surface area (Å²) < 4.78 is 0. The average molecular weight is 327 g/mol. The molecule has 0 amide bonds. The van der Waals surface area contributed by atoms with Crippen LogP contribution in [0.5, 0.6) is 0 Å². The number of rotatable bonds is 9. The molecule has 2 aliphatic carbocycles. The molecule has 0 N–H and O–H groups in total. The molecule has 0 radical (unpaired) electrons. The normalized spacial score (nSPS) is 24.0. The Balaban J connectivity index is 1.68. The quantitative estimate of drug-likeness (QED) is 0.379. The van der Waals surface area contributed by atoms with Gasteiger partial charge < -0.3 is 0 Å². The molecule has 0 fully saturated rings. The van der Waals surface area contributed by atoms with Gasteiger partial charge in [0.15, 0.2) is 0 Å². The second-order valence-corrected chi connectivity index (χ2v) is 7.89. The van der Waals surface area contributed by atoms with Crippen molar-refractivity contribution in [2.75, 3.05) is 0 Å². The first-order valence-electron chi connectivity index (χ1n) is 10.5. The van der Waals surface area contributed by atoms with E-state index in [0.29, 0.717) is 0 Å². The summed E-state index contributed by atoms with van der Waals surface area (Å²) >= 11 is 0. The van der Waals surface area contributed by atoms with E-state index in [1.54, 1.807) is 0 Å². The fourth-order valence-electron chi connectivity index (χ4n) is 4.18. The monoisotopic (exact) mass is 326 g/mol. The Labute approximate surface area is 150 Å². The van der Waals surface area contributed by atoms with E-state index in [1.165, 1.54) is 75.4 Å². The molecule has 0 bridgehead atoms. The van der Waals surface area contributed by atoms with E-state index in [9.17, 15) is 0 Å². The predicted octanol–water partition coefficient (Wildman–Crippen LogP) is 7.79. The van der Waals surface area contributed by atoms with Gasteiger partial charge in [0, 0.05) is 0 Å². The van der Waals surface area contributed by atoms with Crippen LogP contribution in [-0.4, -0.2) is 0 Å². The molecule has 0 saturated heterocycles. The van der Waals surface area contributed by atoms with Crippen LogP contribution in [0.2, 0.25) is 0 Å². The van der Waals surface area contributed by atoms with E-state index in [0.717, 1.165) is 24.2 Å². The summed E-state index contributed by atoms with van der Waals surface area (Å²) in [5.41, 5.74) is 2.75. The van der Waals surface area contributed by atoms with E-state index in [-0.39, 0.29) is 0 Å². The third-order valence-electron chi connectivity index (χ3n) is 6.05. The van der Waals surface area contributed by atoms with Gasteiger partial charge in [-0.25, -0.2) is 0 Å². The molecule has 0 aliphatic heterocycles. The molecule has 2 rings (SSSR count). The zero-order valence-corrected chi connectivity index (χ0v) is 16.1. The largest absolute Gasteiger partial charge is 0.0952 e. The molecule has 0 spiro atoms. The van der Waals surface area contributed by atoms with Gasteiger partial charge in [0.2, 0.25) is 0 Å². The first-order valence-corrected chi connectivity index (χ1v) is 10.5. The molecule has 0 aromatic rings. The van der Waals surface area contributed by atoms with Gasteiger partial charge in [-0.15, -0.1) is 0 Å². The Hall–Kier alpha value is -1.04. The van der Waals surface area contributed by atoms with Crippen molar-refractivity contribution < 1.29 is 0 Å². The van der Waals surface area contributed by atoms with Crippen molar-refractivity contribution in [3.63, 3.8) is 0 Å². The Bertz CT molecular complexity index is 458. The maximum atomic E-state index is 4.33. The van der Waals surface area contributed by atoms with Crippen molar-refractivity contribution in [1.82, 2.24) is 0 Å². The summed E-state index contributed by atoms with van der Waals surface area (Å²) in [6, 6.07) is 0. The molecule has 2 atom stereocenters. The lowest BCUT2D eigenvalue weighted by Crippen LogP contribution is -2.12. The van der Waals surface area contributed by atoms with E-state index < -0.39 is 0 Å². The van der Waals surface area contributed by atoms with Crippen molar-refractivity contribution in [1.29, 1.82) is 0 Å². The van der Waals surface area contributed by atoms with Gasteiger partial charge in [0.1, 0.15) is 0 Å². The molecule has 0 heteroatoms. The topological polar surface area (TPSA) is 0 Å². The first kappa shape index (κ1) is 19.3. The molecule has 2 unspecified atom stereocenters. The van der Waals surface area contributed by atoms with Crippen molar-refractivity contribution in [3.8, 4) is 0 Å². The van der Waals surface area contributed by atoms with Gasteiger partial charge in [0.25, 0.3) is 0 Å². The summed E-state index contributed by atoms with van der Waals surface area (Å²) in [6.07, 6.45) is 26.5. The lowest BCUT2D eigenvalue weighted by atomic mass is 9.80. The summed E-state index contributed by atoms with van der Waals surface area (Å²) in [5, 5.41) is 0. The second-order valence-electron chi connectivity index (χ2n) is 7.89. The molecule has 0 saturated carbocycles. The zero-order chi connectivity index (χ0) is 17.2. The van der Waals surface area contributed by atoms with Gasteiger partial charge in [-0.1, -0.05) is 63.6 Å². The Kier molecular flexibility index (Phi) is 8.64. The number of allylic oxidation sites excluding steroid dienone is 7. The highest BCUT2D eigenvalue weighted by atomic mass is 14.2. The zero-order valence-electron chi connectivity index (χ0n) is 16.1. The third kappa shape index (κ3) is 6.46. The van der Waals surface area contributed by atoms with Crippen LogP contribution < -0.4 is 0 Å². The number of hydrogen-bond acceptors (Lipinski definition) is 0. The van der Waals surface area contributed by atoms with Crippen molar-refractivity contribution in [2.24, 2.45) is 17.8 Å². The van der Waals surface area contributed by atoms with E-state index in [1.807, 2.05) is 0 Å².